The molecule has 0 saturated heterocycles. The predicted molar refractivity (Wildman–Crippen MR) is 74.1 cm³/mol. The van der Waals surface area contributed by atoms with Gasteiger partial charge in [0.15, 0.2) is 0 Å². The van der Waals surface area contributed by atoms with Crippen LogP contribution < -0.4 is 0 Å². The summed E-state index contributed by atoms with van der Waals surface area (Å²) in [5.74, 6) is 0.942. The van der Waals surface area contributed by atoms with E-state index in [1.807, 2.05) is 11.6 Å². The van der Waals surface area contributed by atoms with Crippen LogP contribution in [0, 0.1) is 18.8 Å². The third kappa shape index (κ3) is 3.81. The first-order chi connectivity index (χ1) is 7.99. The first-order valence-corrected chi connectivity index (χ1v) is 7.11. The van der Waals surface area contributed by atoms with Crippen molar-refractivity contribution < 1.29 is 5.11 Å². The SMILES string of the molecule is CCn1nc(C)c(Br)c1CC(CO)CC(C)C. The van der Waals surface area contributed by atoms with Crippen LogP contribution in [0.5, 0.6) is 0 Å². The number of nitrogens with zero attached hydrogens (tertiary/aromatic N) is 2. The molecule has 3 nitrogen and oxygen atoms in total. The number of aliphatic hydroxyl groups is 1. The summed E-state index contributed by atoms with van der Waals surface area (Å²) >= 11 is 3.60. The van der Waals surface area contributed by atoms with E-state index < -0.39 is 0 Å². The summed E-state index contributed by atoms with van der Waals surface area (Å²) in [6.45, 7) is 9.62. The highest BCUT2D eigenvalue weighted by molar-refractivity contribution is 9.10. The third-order valence-electron chi connectivity index (χ3n) is 3.00. The second-order valence-electron chi connectivity index (χ2n) is 5.04. The summed E-state index contributed by atoms with van der Waals surface area (Å²) in [6.07, 6.45) is 1.95. The van der Waals surface area contributed by atoms with Crippen molar-refractivity contribution in [1.29, 1.82) is 0 Å². The van der Waals surface area contributed by atoms with E-state index in [1.54, 1.807) is 0 Å². The number of aromatic nitrogens is 2. The fourth-order valence-corrected chi connectivity index (χ4v) is 2.67. The van der Waals surface area contributed by atoms with Gasteiger partial charge in [-0.2, -0.15) is 5.10 Å². The Balaban J connectivity index is 2.84. The van der Waals surface area contributed by atoms with Crippen molar-refractivity contribution in [3.8, 4) is 0 Å². The lowest BCUT2D eigenvalue weighted by Gasteiger charge is -2.17. The summed E-state index contributed by atoms with van der Waals surface area (Å²) in [7, 11) is 0. The number of aliphatic hydroxyl groups excluding tert-OH is 1. The van der Waals surface area contributed by atoms with E-state index in [0.29, 0.717) is 11.8 Å². The molecule has 0 saturated carbocycles. The summed E-state index contributed by atoms with van der Waals surface area (Å²) in [6, 6.07) is 0. The minimum absolute atomic E-state index is 0.249. The number of hydrogen-bond acceptors (Lipinski definition) is 2. The molecule has 1 atom stereocenters. The smallest absolute Gasteiger partial charge is 0.0738 e. The maximum absolute atomic E-state index is 9.45. The lowest BCUT2D eigenvalue weighted by atomic mass is 9.93. The highest BCUT2D eigenvalue weighted by Crippen LogP contribution is 2.25. The predicted octanol–water partition coefficient (Wildman–Crippen LogP) is 3.17. The number of halogens is 1. The normalized spacial score (nSPS) is 13.4. The molecule has 1 aromatic rings. The van der Waals surface area contributed by atoms with Gasteiger partial charge in [-0.15, -0.1) is 0 Å². The number of hydrogen-bond donors (Lipinski definition) is 1. The van der Waals surface area contributed by atoms with Gasteiger partial charge in [0, 0.05) is 13.2 Å². The van der Waals surface area contributed by atoms with Crippen LogP contribution in [-0.4, -0.2) is 21.5 Å². The largest absolute Gasteiger partial charge is 0.396 e. The van der Waals surface area contributed by atoms with Crippen molar-refractivity contribution in [2.45, 2.75) is 47.1 Å². The van der Waals surface area contributed by atoms with Crippen molar-refractivity contribution in [1.82, 2.24) is 9.78 Å². The molecule has 0 fully saturated rings. The van der Waals surface area contributed by atoms with Crippen LogP contribution in [0.15, 0.2) is 4.47 Å². The fourth-order valence-electron chi connectivity index (χ4n) is 2.23. The molecule has 0 aliphatic rings. The molecule has 0 aliphatic heterocycles. The Bertz CT molecular complexity index is 361. The van der Waals surface area contributed by atoms with Crippen molar-refractivity contribution in [3.63, 3.8) is 0 Å². The van der Waals surface area contributed by atoms with Gasteiger partial charge in [-0.1, -0.05) is 13.8 Å². The molecular weight excluding hydrogens is 280 g/mol. The molecule has 1 rings (SSSR count). The van der Waals surface area contributed by atoms with Crippen molar-refractivity contribution >= 4 is 15.9 Å². The average Bonchev–Trinajstić information content (AvgIpc) is 2.55. The Hall–Kier alpha value is -0.350. The van der Waals surface area contributed by atoms with Crippen LogP contribution in [0.3, 0.4) is 0 Å². The number of aryl methyl sites for hydroxylation is 2. The molecule has 0 spiro atoms. The summed E-state index contributed by atoms with van der Waals surface area (Å²) < 4.78 is 3.13. The topological polar surface area (TPSA) is 38.0 Å². The Morgan fingerprint density at radius 1 is 1.41 bits per heavy atom. The zero-order valence-corrected chi connectivity index (χ0v) is 12.8. The Morgan fingerprint density at radius 3 is 2.53 bits per heavy atom. The van der Waals surface area contributed by atoms with Crippen LogP contribution in [0.4, 0.5) is 0 Å². The molecule has 1 N–H and O–H groups in total. The minimum atomic E-state index is 0.249. The summed E-state index contributed by atoms with van der Waals surface area (Å²) in [5, 5.41) is 13.9. The van der Waals surface area contributed by atoms with Gasteiger partial charge in [-0.3, -0.25) is 4.68 Å². The van der Waals surface area contributed by atoms with Gasteiger partial charge in [-0.25, -0.2) is 0 Å². The Kier molecular flexibility index (Phi) is 5.67. The molecule has 1 heterocycles. The maximum atomic E-state index is 9.45. The third-order valence-corrected chi connectivity index (χ3v) is 4.03. The Morgan fingerprint density at radius 2 is 2.06 bits per heavy atom. The van der Waals surface area contributed by atoms with E-state index in [0.717, 1.165) is 29.6 Å². The quantitative estimate of drug-likeness (QED) is 0.876. The van der Waals surface area contributed by atoms with Gasteiger partial charge in [0.25, 0.3) is 0 Å². The highest BCUT2D eigenvalue weighted by atomic mass is 79.9. The molecule has 98 valence electrons. The zero-order chi connectivity index (χ0) is 13.0. The second kappa shape index (κ2) is 6.55. The van der Waals surface area contributed by atoms with E-state index in [2.05, 4.69) is 41.8 Å². The second-order valence-corrected chi connectivity index (χ2v) is 5.84. The summed E-state index contributed by atoms with van der Waals surface area (Å²) in [4.78, 5) is 0. The van der Waals surface area contributed by atoms with Gasteiger partial charge < -0.3 is 5.11 Å². The van der Waals surface area contributed by atoms with Crippen molar-refractivity contribution in [3.05, 3.63) is 15.9 Å². The van der Waals surface area contributed by atoms with Crippen LogP contribution in [0.25, 0.3) is 0 Å². The van der Waals surface area contributed by atoms with Crippen LogP contribution in [0.1, 0.15) is 38.6 Å². The molecule has 1 unspecified atom stereocenters. The standard InChI is InChI=1S/C13H23BrN2O/c1-5-16-12(13(14)10(4)15-16)7-11(8-17)6-9(2)3/h9,11,17H,5-8H2,1-4H3. The molecule has 17 heavy (non-hydrogen) atoms. The lowest BCUT2D eigenvalue weighted by Crippen LogP contribution is -2.15. The molecule has 0 radical (unpaired) electrons. The van der Waals surface area contributed by atoms with Crippen LogP contribution in [-0.2, 0) is 13.0 Å². The summed E-state index contributed by atoms with van der Waals surface area (Å²) in [5.41, 5.74) is 2.24. The van der Waals surface area contributed by atoms with Gasteiger partial charge in [0.2, 0.25) is 0 Å². The number of rotatable bonds is 6. The van der Waals surface area contributed by atoms with E-state index in [-0.39, 0.29) is 6.61 Å². The molecule has 1 aromatic heterocycles. The van der Waals surface area contributed by atoms with Gasteiger partial charge in [0.1, 0.15) is 0 Å². The Labute approximate surface area is 112 Å². The van der Waals surface area contributed by atoms with Gasteiger partial charge >= 0.3 is 0 Å². The molecule has 0 aromatic carbocycles. The van der Waals surface area contributed by atoms with Crippen molar-refractivity contribution in [2.75, 3.05) is 6.61 Å². The first kappa shape index (κ1) is 14.7. The lowest BCUT2D eigenvalue weighted by molar-refractivity contribution is 0.203. The average molecular weight is 303 g/mol. The van der Waals surface area contributed by atoms with E-state index in [4.69, 9.17) is 0 Å². The van der Waals surface area contributed by atoms with Crippen LogP contribution in [0.2, 0.25) is 0 Å². The fraction of sp³-hybridized carbons (Fsp3) is 0.769. The highest BCUT2D eigenvalue weighted by Gasteiger charge is 2.18. The van der Waals surface area contributed by atoms with E-state index in [9.17, 15) is 5.11 Å². The molecule has 0 amide bonds. The minimum Gasteiger partial charge on any atom is -0.396 e. The van der Waals surface area contributed by atoms with Crippen LogP contribution >= 0.6 is 15.9 Å². The molecule has 0 aliphatic carbocycles. The monoisotopic (exact) mass is 302 g/mol. The molecule has 0 bridgehead atoms. The first-order valence-electron chi connectivity index (χ1n) is 6.32. The van der Waals surface area contributed by atoms with E-state index >= 15 is 0 Å². The zero-order valence-electron chi connectivity index (χ0n) is 11.2. The molecular formula is C13H23BrN2O. The van der Waals surface area contributed by atoms with Gasteiger partial charge in [-0.05, 0) is 54.5 Å². The van der Waals surface area contributed by atoms with E-state index in [1.165, 1.54) is 5.69 Å². The van der Waals surface area contributed by atoms with Crippen molar-refractivity contribution in [2.24, 2.45) is 11.8 Å². The maximum Gasteiger partial charge on any atom is 0.0738 e. The molecule has 4 heteroatoms. The van der Waals surface area contributed by atoms with Gasteiger partial charge in [0.05, 0.1) is 15.9 Å².